The number of nitrogens with two attached hydrogens (primary N) is 1. The molecule has 6 heteroatoms. The molecule has 1 aromatic carbocycles. The molecule has 2 rings (SSSR count). The second-order valence-corrected chi connectivity index (χ2v) is 3.89. The molecule has 0 aromatic heterocycles. The number of anilines is 2. The third-order valence-corrected chi connectivity index (χ3v) is 2.59. The molecule has 0 aliphatic carbocycles. The number of benzene rings is 1. The fraction of sp³-hybridized carbons (Fsp3) is 0.273. The van der Waals surface area contributed by atoms with Crippen molar-refractivity contribution in [3.63, 3.8) is 0 Å². The average Bonchev–Trinajstić information content (AvgIpc) is 2.28. The third kappa shape index (κ3) is 2.36. The van der Waals surface area contributed by atoms with E-state index in [0.717, 1.165) is 5.69 Å². The number of nitrogens with zero attached hydrogens (tertiary/aromatic N) is 1. The summed E-state index contributed by atoms with van der Waals surface area (Å²) < 4.78 is 0. The van der Waals surface area contributed by atoms with E-state index in [1.807, 2.05) is 12.1 Å². The minimum atomic E-state index is -1.08. The van der Waals surface area contributed by atoms with Crippen LogP contribution in [0.5, 0.6) is 0 Å². The van der Waals surface area contributed by atoms with Gasteiger partial charge in [-0.2, -0.15) is 0 Å². The molecule has 1 aliphatic rings. The molecule has 1 unspecified atom stereocenters. The maximum Gasteiger partial charge on any atom is 0.322 e. The van der Waals surface area contributed by atoms with Crippen LogP contribution in [-0.2, 0) is 9.59 Å². The van der Waals surface area contributed by atoms with Crippen molar-refractivity contribution >= 4 is 23.3 Å². The fourth-order valence-corrected chi connectivity index (χ4v) is 1.78. The number of hydrogen-bond acceptors (Lipinski definition) is 4. The fourth-order valence-electron chi connectivity index (χ4n) is 1.78. The Kier molecular flexibility index (Phi) is 2.97. The number of fused-ring (bicyclic) bond motifs is 1. The number of aliphatic carboxylic acids is 1. The molecule has 1 aromatic rings. The first-order chi connectivity index (χ1) is 8.08. The molecule has 0 saturated heterocycles. The summed E-state index contributed by atoms with van der Waals surface area (Å²) in [5, 5.41) is 11.5. The highest BCUT2D eigenvalue weighted by molar-refractivity contribution is 6.01. The van der Waals surface area contributed by atoms with Gasteiger partial charge in [0.05, 0.1) is 17.9 Å². The van der Waals surface area contributed by atoms with Crippen LogP contribution in [0.2, 0.25) is 0 Å². The number of carboxylic acid groups (broad SMARTS) is 1. The Hall–Kier alpha value is -2.08. The van der Waals surface area contributed by atoms with Gasteiger partial charge in [0.25, 0.3) is 0 Å². The second kappa shape index (κ2) is 4.42. The maximum absolute atomic E-state index is 11.4. The molecule has 0 bridgehead atoms. The van der Waals surface area contributed by atoms with E-state index in [1.54, 1.807) is 17.0 Å². The van der Waals surface area contributed by atoms with Crippen LogP contribution in [0.4, 0.5) is 11.4 Å². The first-order valence-corrected chi connectivity index (χ1v) is 5.20. The molecule has 1 amide bonds. The topological polar surface area (TPSA) is 95.7 Å². The van der Waals surface area contributed by atoms with Crippen molar-refractivity contribution in [3.8, 4) is 0 Å². The number of carboxylic acids is 1. The monoisotopic (exact) mass is 235 g/mol. The maximum atomic E-state index is 11.4. The van der Waals surface area contributed by atoms with Gasteiger partial charge in [-0.3, -0.25) is 9.59 Å². The van der Waals surface area contributed by atoms with E-state index >= 15 is 0 Å². The predicted octanol–water partition coefficient (Wildman–Crippen LogP) is -0.143. The largest absolute Gasteiger partial charge is 0.480 e. The van der Waals surface area contributed by atoms with Gasteiger partial charge in [-0.25, -0.2) is 0 Å². The van der Waals surface area contributed by atoms with Gasteiger partial charge in [0.15, 0.2) is 0 Å². The summed E-state index contributed by atoms with van der Waals surface area (Å²) in [4.78, 5) is 23.8. The van der Waals surface area contributed by atoms with Crippen molar-refractivity contribution in [2.45, 2.75) is 6.04 Å². The highest BCUT2D eigenvalue weighted by Crippen LogP contribution is 2.28. The summed E-state index contributed by atoms with van der Waals surface area (Å²) in [6.45, 7) is 0.234. The van der Waals surface area contributed by atoms with Gasteiger partial charge in [-0.05, 0) is 12.1 Å². The molecule has 90 valence electrons. The number of para-hydroxylation sites is 2. The number of hydrogen-bond donors (Lipinski definition) is 3. The SMILES string of the molecule is NC(CN1CC(=O)Nc2ccccc21)C(=O)O. The molecule has 0 spiro atoms. The summed E-state index contributed by atoms with van der Waals surface area (Å²) in [5.74, 6) is -1.24. The lowest BCUT2D eigenvalue weighted by atomic mass is 10.1. The Morgan fingerprint density at radius 1 is 1.53 bits per heavy atom. The molecule has 0 saturated carbocycles. The van der Waals surface area contributed by atoms with Crippen LogP contribution in [0.1, 0.15) is 0 Å². The number of rotatable bonds is 3. The van der Waals surface area contributed by atoms with Gasteiger partial charge < -0.3 is 21.1 Å². The van der Waals surface area contributed by atoms with Gasteiger partial charge in [0.2, 0.25) is 5.91 Å². The average molecular weight is 235 g/mol. The summed E-state index contributed by atoms with van der Waals surface area (Å²) >= 11 is 0. The van der Waals surface area contributed by atoms with Crippen molar-refractivity contribution in [2.75, 3.05) is 23.3 Å². The van der Waals surface area contributed by atoms with Crippen molar-refractivity contribution in [1.82, 2.24) is 0 Å². The highest BCUT2D eigenvalue weighted by Gasteiger charge is 2.24. The Bertz CT molecular complexity index is 461. The Labute approximate surface area is 98.0 Å². The molecule has 17 heavy (non-hydrogen) atoms. The van der Waals surface area contributed by atoms with Gasteiger partial charge in [-0.1, -0.05) is 12.1 Å². The van der Waals surface area contributed by atoms with Crippen LogP contribution in [0.3, 0.4) is 0 Å². The zero-order valence-corrected chi connectivity index (χ0v) is 9.09. The first kappa shape index (κ1) is 11.4. The Morgan fingerprint density at radius 2 is 2.24 bits per heavy atom. The van der Waals surface area contributed by atoms with Gasteiger partial charge >= 0.3 is 5.97 Å². The lowest BCUT2D eigenvalue weighted by molar-refractivity contribution is -0.138. The molecule has 0 fully saturated rings. The van der Waals surface area contributed by atoms with Gasteiger partial charge in [-0.15, -0.1) is 0 Å². The Balaban J connectivity index is 2.24. The Morgan fingerprint density at radius 3 is 2.94 bits per heavy atom. The molecule has 4 N–H and O–H groups in total. The zero-order valence-electron chi connectivity index (χ0n) is 9.09. The van der Waals surface area contributed by atoms with Gasteiger partial charge in [0, 0.05) is 6.54 Å². The summed E-state index contributed by atoms with van der Waals surface area (Å²) in [7, 11) is 0. The van der Waals surface area contributed by atoms with Crippen LogP contribution in [-0.4, -0.2) is 36.1 Å². The van der Waals surface area contributed by atoms with Crippen LogP contribution in [0, 0.1) is 0 Å². The van der Waals surface area contributed by atoms with Crippen molar-refractivity contribution < 1.29 is 14.7 Å². The lowest BCUT2D eigenvalue weighted by Crippen LogP contribution is -2.47. The van der Waals surface area contributed by atoms with E-state index in [2.05, 4.69) is 5.32 Å². The molecule has 1 heterocycles. The number of nitrogens with one attached hydrogen (secondary N) is 1. The van der Waals surface area contributed by atoms with Crippen molar-refractivity contribution in [2.24, 2.45) is 5.73 Å². The highest BCUT2D eigenvalue weighted by atomic mass is 16.4. The van der Waals surface area contributed by atoms with E-state index in [-0.39, 0.29) is 19.0 Å². The molecule has 6 nitrogen and oxygen atoms in total. The summed E-state index contributed by atoms with van der Waals surface area (Å²) in [6.07, 6.45) is 0. The van der Waals surface area contributed by atoms with Crippen LogP contribution in [0.15, 0.2) is 24.3 Å². The van der Waals surface area contributed by atoms with E-state index < -0.39 is 12.0 Å². The standard InChI is InChI=1S/C11H13N3O3/c12-7(11(16)17)5-14-6-10(15)13-8-3-1-2-4-9(8)14/h1-4,7H,5-6,12H2,(H,13,15)(H,16,17). The van der Waals surface area contributed by atoms with Crippen molar-refractivity contribution in [1.29, 1.82) is 0 Å². The number of carbonyl (C=O) groups is 2. The number of amides is 1. The molecular weight excluding hydrogens is 222 g/mol. The smallest absolute Gasteiger partial charge is 0.322 e. The summed E-state index contributed by atoms with van der Waals surface area (Å²) in [6, 6.07) is 6.22. The molecular formula is C11H13N3O3. The second-order valence-electron chi connectivity index (χ2n) is 3.89. The van der Waals surface area contributed by atoms with Crippen LogP contribution < -0.4 is 16.0 Å². The first-order valence-electron chi connectivity index (χ1n) is 5.20. The van der Waals surface area contributed by atoms with E-state index in [1.165, 1.54) is 0 Å². The van der Waals surface area contributed by atoms with E-state index in [9.17, 15) is 9.59 Å². The molecule has 0 radical (unpaired) electrons. The van der Waals surface area contributed by atoms with E-state index in [0.29, 0.717) is 5.69 Å². The molecule has 1 atom stereocenters. The predicted molar refractivity (Wildman–Crippen MR) is 62.9 cm³/mol. The number of carbonyl (C=O) groups excluding carboxylic acids is 1. The molecule has 1 aliphatic heterocycles. The lowest BCUT2D eigenvalue weighted by Gasteiger charge is -2.31. The van der Waals surface area contributed by atoms with E-state index in [4.69, 9.17) is 10.8 Å². The van der Waals surface area contributed by atoms with Gasteiger partial charge in [0.1, 0.15) is 6.04 Å². The normalized spacial score (nSPS) is 16.1. The third-order valence-electron chi connectivity index (χ3n) is 2.59. The minimum absolute atomic E-state index is 0.111. The van der Waals surface area contributed by atoms with Crippen molar-refractivity contribution in [3.05, 3.63) is 24.3 Å². The quantitative estimate of drug-likeness (QED) is 0.677. The zero-order chi connectivity index (χ0) is 12.4. The minimum Gasteiger partial charge on any atom is -0.480 e. The van der Waals surface area contributed by atoms with Crippen LogP contribution >= 0.6 is 0 Å². The summed E-state index contributed by atoms with van der Waals surface area (Å²) in [5.41, 5.74) is 6.95. The van der Waals surface area contributed by atoms with Crippen LogP contribution in [0.25, 0.3) is 0 Å².